The Morgan fingerprint density at radius 3 is 2.79 bits per heavy atom. The van der Waals surface area contributed by atoms with E-state index in [1.165, 1.54) is 15.6 Å². The molecule has 0 saturated heterocycles. The number of hydrogen-bond acceptors (Lipinski definition) is 2. The van der Waals surface area contributed by atoms with Gasteiger partial charge in [-0.1, -0.05) is 18.2 Å². The van der Waals surface area contributed by atoms with Gasteiger partial charge >= 0.3 is 0 Å². The van der Waals surface area contributed by atoms with Gasteiger partial charge in [-0.25, -0.2) is 0 Å². The topological polar surface area (TPSA) is 17.1 Å². The molecule has 0 unspecified atom stereocenters. The first-order chi connectivity index (χ1) is 6.68. The molecule has 2 rings (SSSR count). The van der Waals surface area contributed by atoms with E-state index in [1.54, 1.807) is 11.3 Å². The second-order valence-corrected chi connectivity index (χ2v) is 5.20. The van der Waals surface area contributed by atoms with Gasteiger partial charge in [-0.3, -0.25) is 4.79 Å². The predicted octanol–water partition coefficient (Wildman–Crippen LogP) is 3.67. The Balaban J connectivity index is 2.57. The summed E-state index contributed by atoms with van der Waals surface area (Å²) in [6.07, 6.45) is 0.491. The third-order valence-corrected chi connectivity index (χ3v) is 3.80. The number of aryl methyl sites for hydroxylation is 1. The molecule has 0 fully saturated rings. The third kappa shape index (κ3) is 1.74. The number of rotatable bonds is 2. The number of carbonyl (C=O) groups excluding carboxylic acids is 1. The Bertz CT molecular complexity index is 487. The SMILES string of the molecule is Cc1c(CC(=O)Br)sc2ccccc12. The lowest BCUT2D eigenvalue weighted by atomic mass is 10.1. The van der Waals surface area contributed by atoms with Crippen LogP contribution >= 0.6 is 27.3 Å². The Morgan fingerprint density at radius 2 is 2.14 bits per heavy atom. The van der Waals surface area contributed by atoms with Crippen molar-refractivity contribution in [1.29, 1.82) is 0 Å². The number of fused-ring (bicyclic) bond motifs is 1. The summed E-state index contributed by atoms with van der Waals surface area (Å²) in [5, 5.41) is 1.27. The van der Waals surface area contributed by atoms with Crippen molar-refractivity contribution in [2.75, 3.05) is 0 Å². The van der Waals surface area contributed by atoms with E-state index in [1.807, 2.05) is 12.1 Å². The van der Waals surface area contributed by atoms with Crippen molar-refractivity contribution in [3.05, 3.63) is 34.7 Å². The van der Waals surface area contributed by atoms with Crippen molar-refractivity contribution in [2.24, 2.45) is 0 Å². The summed E-state index contributed by atoms with van der Waals surface area (Å²) in [6, 6.07) is 8.25. The Hall–Kier alpha value is -0.670. The molecule has 2 aromatic rings. The quantitative estimate of drug-likeness (QED) is 0.760. The molecule has 0 amide bonds. The number of hydrogen-bond donors (Lipinski definition) is 0. The molecule has 14 heavy (non-hydrogen) atoms. The Labute approximate surface area is 94.9 Å². The number of halogens is 1. The number of carbonyl (C=O) groups is 1. The van der Waals surface area contributed by atoms with Crippen LogP contribution in [0.25, 0.3) is 10.1 Å². The van der Waals surface area contributed by atoms with Crippen molar-refractivity contribution in [3.8, 4) is 0 Å². The largest absolute Gasteiger partial charge is 0.286 e. The molecule has 1 heterocycles. The van der Waals surface area contributed by atoms with Gasteiger partial charge in [0.2, 0.25) is 4.69 Å². The van der Waals surface area contributed by atoms with Gasteiger partial charge in [0.05, 0.1) is 6.42 Å². The molecule has 3 heteroatoms. The van der Waals surface area contributed by atoms with Gasteiger partial charge in [0.25, 0.3) is 0 Å². The third-order valence-electron chi connectivity index (χ3n) is 2.24. The molecule has 0 bridgehead atoms. The first-order valence-corrected chi connectivity index (χ1v) is 5.95. The minimum atomic E-state index is 0.0483. The van der Waals surface area contributed by atoms with E-state index in [-0.39, 0.29) is 4.69 Å². The fourth-order valence-electron chi connectivity index (χ4n) is 1.52. The standard InChI is InChI=1S/C11H9BrOS/c1-7-8-4-2-3-5-9(8)14-10(7)6-11(12)13/h2-5H,6H2,1H3. The highest BCUT2D eigenvalue weighted by atomic mass is 79.9. The average molecular weight is 269 g/mol. The van der Waals surface area contributed by atoms with E-state index in [4.69, 9.17) is 0 Å². The summed E-state index contributed by atoms with van der Waals surface area (Å²) in [6.45, 7) is 2.07. The first kappa shape index (κ1) is 9.87. The smallest absolute Gasteiger partial charge is 0.202 e. The summed E-state index contributed by atoms with van der Waals surface area (Å²) >= 11 is 4.67. The van der Waals surface area contributed by atoms with Crippen LogP contribution in [0.2, 0.25) is 0 Å². The lowest BCUT2D eigenvalue weighted by Crippen LogP contribution is -1.90. The van der Waals surface area contributed by atoms with Crippen LogP contribution in [0, 0.1) is 6.92 Å². The lowest BCUT2D eigenvalue weighted by molar-refractivity contribution is -0.109. The van der Waals surface area contributed by atoms with Crippen molar-refractivity contribution in [2.45, 2.75) is 13.3 Å². The molecule has 0 radical (unpaired) electrons. The van der Waals surface area contributed by atoms with E-state index < -0.39 is 0 Å². The van der Waals surface area contributed by atoms with Crippen molar-refractivity contribution < 1.29 is 4.79 Å². The highest BCUT2D eigenvalue weighted by Gasteiger charge is 2.09. The number of benzene rings is 1. The molecule has 1 aromatic heterocycles. The van der Waals surface area contributed by atoms with Crippen molar-refractivity contribution in [3.63, 3.8) is 0 Å². The van der Waals surface area contributed by atoms with Crippen LogP contribution in [-0.4, -0.2) is 4.69 Å². The van der Waals surface area contributed by atoms with Crippen LogP contribution in [0.4, 0.5) is 0 Å². The molecule has 0 atom stereocenters. The predicted molar refractivity (Wildman–Crippen MR) is 64.2 cm³/mol. The van der Waals surface area contributed by atoms with Gasteiger partial charge in [0.15, 0.2) is 0 Å². The first-order valence-electron chi connectivity index (χ1n) is 4.34. The molecule has 0 N–H and O–H groups in total. The van der Waals surface area contributed by atoms with Gasteiger partial charge in [-0.2, -0.15) is 0 Å². The maximum Gasteiger partial charge on any atom is 0.202 e. The molecular weight excluding hydrogens is 260 g/mol. The van der Waals surface area contributed by atoms with Crippen molar-refractivity contribution in [1.82, 2.24) is 0 Å². The van der Waals surface area contributed by atoms with E-state index in [0.29, 0.717) is 6.42 Å². The molecule has 72 valence electrons. The highest BCUT2D eigenvalue weighted by Crippen LogP contribution is 2.31. The Morgan fingerprint density at radius 1 is 1.43 bits per heavy atom. The lowest BCUT2D eigenvalue weighted by Gasteiger charge is -1.93. The highest BCUT2D eigenvalue weighted by molar-refractivity contribution is 9.18. The molecule has 0 spiro atoms. The summed E-state index contributed by atoms with van der Waals surface area (Å²) in [4.78, 5) is 12.1. The van der Waals surface area contributed by atoms with Crippen LogP contribution < -0.4 is 0 Å². The van der Waals surface area contributed by atoms with Crippen LogP contribution in [-0.2, 0) is 11.2 Å². The zero-order valence-electron chi connectivity index (χ0n) is 7.71. The molecular formula is C11H9BrOS. The monoisotopic (exact) mass is 268 g/mol. The average Bonchev–Trinajstić information content (AvgIpc) is 2.44. The minimum Gasteiger partial charge on any atom is -0.286 e. The van der Waals surface area contributed by atoms with Gasteiger partial charge in [-0.05, 0) is 39.9 Å². The second-order valence-electron chi connectivity index (χ2n) is 3.18. The summed E-state index contributed by atoms with van der Waals surface area (Å²) < 4.78 is 1.31. The van der Waals surface area contributed by atoms with Gasteiger partial charge in [0, 0.05) is 9.58 Å². The fraction of sp³-hybridized carbons (Fsp3) is 0.182. The maximum absolute atomic E-state index is 11.0. The fourth-order valence-corrected chi connectivity index (χ4v) is 3.20. The summed E-state index contributed by atoms with van der Waals surface area (Å²) in [5.41, 5.74) is 1.23. The van der Waals surface area contributed by atoms with E-state index >= 15 is 0 Å². The van der Waals surface area contributed by atoms with E-state index in [2.05, 4.69) is 35.0 Å². The van der Waals surface area contributed by atoms with Gasteiger partial charge < -0.3 is 0 Å². The minimum absolute atomic E-state index is 0.0483. The van der Waals surface area contributed by atoms with E-state index in [0.717, 1.165) is 4.88 Å². The maximum atomic E-state index is 11.0. The molecule has 0 aliphatic carbocycles. The normalized spacial score (nSPS) is 10.7. The van der Waals surface area contributed by atoms with Crippen molar-refractivity contribution >= 4 is 42.0 Å². The zero-order valence-corrected chi connectivity index (χ0v) is 10.1. The second kappa shape index (κ2) is 3.83. The van der Waals surface area contributed by atoms with Gasteiger partial charge in [0.1, 0.15) is 0 Å². The summed E-state index contributed by atoms with van der Waals surface area (Å²) in [5.74, 6) is 0. The molecule has 1 aromatic carbocycles. The molecule has 0 aliphatic rings. The molecule has 0 saturated carbocycles. The van der Waals surface area contributed by atoms with Crippen LogP contribution in [0.15, 0.2) is 24.3 Å². The van der Waals surface area contributed by atoms with E-state index in [9.17, 15) is 4.79 Å². The molecule has 1 nitrogen and oxygen atoms in total. The zero-order chi connectivity index (χ0) is 10.1. The number of thiophene rings is 1. The summed E-state index contributed by atoms with van der Waals surface area (Å²) in [7, 11) is 0. The van der Waals surface area contributed by atoms with Crippen LogP contribution in [0.1, 0.15) is 10.4 Å². The van der Waals surface area contributed by atoms with Crippen LogP contribution in [0.5, 0.6) is 0 Å². The van der Waals surface area contributed by atoms with Crippen LogP contribution in [0.3, 0.4) is 0 Å². The Kier molecular flexibility index (Phi) is 2.70. The van der Waals surface area contributed by atoms with Gasteiger partial charge in [-0.15, -0.1) is 11.3 Å². The molecule has 0 aliphatic heterocycles.